The van der Waals surface area contributed by atoms with Gasteiger partial charge in [-0.05, 0) is 24.6 Å². The van der Waals surface area contributed by atoms with Crippen molar-refractivity contribution in [1.82, 2.24) is 10.1 Å². The quantitative estimate of drug-likeness (QED) is 0.826. The summed E-state index contributed by atoms with van der Waals surface area (Å²) in [6.45, 7) is 1.75. The predicted octanol–water partition coefficient (Wildman–Crippen LogP) is 2.42. The third kappa shape index (κ3) is 2.84. The second kappa shape index (κ2) is 5.14. The first-order valence-corrected chi connectivity index (χ1v) is 5.90. The molecule has 0 amide bonds. The lowest BCUT2D eigenvalue weighted by Crippen LogP contribution is -1.90. The minimum Gasteiger partial charge on any atom is -0.389 e. The van der Waals surface area contributed by atoms with E-state index in [-0.39, 0.29) is 0 Å². The molecule has 0 spiro atoms. The van der Waals surface area contributed by atoms with E-state index in [1.807, 2.05) is 24.3 Å². The zero-order chi connectivity index (χ0) is 11.4. The van der Waals surface area contributed by atoms with Gasteiger partial charge in [0.2, 0.25) is 6.39 Å². The van der Waals surface area contributed by atoms with Crippen LogP contribution in [0, 0.1) is 0 Å². The lowest BCUT2D eigenvalue weighted by atomic mass is 10.1. The molecule has 2 aromatic rings. The Morgan fingerprint density at radius 1 is 1.50 bits per heavy atom. The summed E-state index contributed by atoms with van der Waals surface area (Å²) in [4.78, 5) is 5.03. The number of aromatic nitrogens is 2. The molecule has 0 aliphatic carbocycles. The summed E-state index contributed by atoms with van der Waals surface area (Å²) in [7, 11) is 0. The van der Waals surface area contributed by atoms with Crippen molar-refractivity contribution >= 4 is 11.8 Å². The van der Waals surface area contributed by atoms with Gasteiger partial charge >= 0.3 is 0 Å². The van der Waals surface area contributed by atoms with E-state index in [0.717, 1.165) is 10.5 Å². The van der Waals surface area contributed by atoms with Crippen LogP contribution in [-0.2, 0) is 5.75 Å². The molecule has 0 saturated heterocycles. The van der Waals surface area contributed by atoms with Crippen molar-refractivity contribution in [3.63, 3.8) is 0 Å². The zero-order valence-electron chi connectivity index (χ0n) is 8.83. The molecule has 1 aromatic carbocycles. The Kier molecular flexibility index (Phi) is 3.58. The first-order chi connectivity index (χ1) is 7.75. The van der Waals surface area contributed by atoms with E-state index in [9.17, 15) is 5.11 Å². The number of aliphatic hydroxyl groups is 1. The number of benzene rings is 1. The number of rotatable bonds is 4. The van der Waals surface area contributed by atoms with Crippen molar-refractivity contribution in [1.29, 1.82) is 0 Å². The van der Waals surface area contributed by atoms with Crippen molar-refractivity contribution < 1.29 is 9.63 Å². The molecule has 5 heteroatoms. The molecule has 1 aromatic heterocycles. The molecule has 1 unspecified atom stereocenters. The summed E-state index contributed by atoms with van der Waals surface area (Å²) in [5.41, 5.74) is 0.915. The molecule has 2 rings (SSSR count). The van der Waals surface area contributed by atoms with E-state index in [1.54, 1.807) is 18.7 Å². The second-order valence-corrected chi connectivity index (χ2v) is 4.43. The van der Waals surface area contributed by atoms with Crippen LogP contribution in [0.4, 0.5) is 0 Å². The summed E-state index contributed by atoms with van der Waals surface area (Å²) in [5, 5.41) is 13.2. The van der Waals surface area contributed by atoms with E-state index < -0.39 is 6.10 Å². The normalized spacial score (nSPS) is 12.6. The van der Waals surface area contributed by atoms with Crippen molar-refractivity contribution in [3.05, 3.63) is 42.0 Å². The number of thioether (sulfide) groups is 1. The third-order valence-electron chi connectivity index (χ3n) is 2.12. The van der Waals surface area contributed by atoms with Crippen LogP contribution in [0.25, 0.3) is 0 Å². The third-order valence-corrected chi connectivity index (χ3v) is 3.11. The Morgan fingerprint density at radius 3 is 3.06 bits per heavy atom. The fourth-order valence-corrected chi connectivity index (χ4v) is 2.09. The lowest BCUT2D eigenvalue weighted by molar-refractivity contribution is 0.199. The minimum atomic E-state index is -0.439. The number of aliphatic hydroxyl groups excluding tert-OH is 1. The first-order valence-electron chi connectivity index (χ1n) is 4.92. The van der Waals surface area contributed by atoms with Gasteiger partial charge in [0, 0.05) is 4.90 Å². The fourth-order valence-electron chi connectivity index (χ4n) is 1.27. The molecule has 84 valence electrons. The van der Waals surface area contributed by atoms with Gasteiger partial charge < -0.3 is 9.63 Å². The Balaban J connectivity index is 2.01. The molecule has 1 atom stereocenters. The highest BCUT2D eigenvalue weighted by molar-refractivity contribution is 7.98. The van der Waals surface area contributed by atoms with Crippen molar-refractivity contribution in [2.24, 2.45) is 0 Å². The van der Waals surface area contributed by atoms with E-state index >= 15 is 0 Å². The Labute approximate surface area is 97.7 Å². The molecule has 1 N–H and O–H groups in total. The van der Waals surface area contributed by atoms with Gasteiger partial charge in [0.05, 0.1) is 11.9 Å². The lowest BCUT2D eigenvalue weighted by Gasteiger charge is -2.06. The minimum absolute atomic E-state index is 0.439. The highest BCUT2D eigenvalue weighted by atomic mass is 32.2. The van der Waals surface area contributed by atoms with E-state index in [0.29, 0.717) is 11.6 Å². The molecule has 0 aliphatic heterocycles. The molecule has 4 nitrogen and oxygen atoms in total. The topological polar surface area (TPSA) is 59.2 Å². The number of hydrogen-bond acceptors (Lipinski definition) is 5. The van der Waals surface area contributed by atoms with Gasteiger partial charge in [-0.25, -0.2) is 0 Å². The van der Waals surface area contributed by atoms with Gasteiger partial charge in [0.1, 0.15) is 0 Å². The number of nitrogens with zero attached hydrogens (tertiary/aromatic N) is 2. The van der Waals surface area contributed by atoms with Crippen LogP contribution in [-0.4, -0.2) is 15.2 Å². The second-order valence-electron chi connectivity index (χ2n) is 3.38. The maximum Gasteiger partial charge on any atom is 0.213 e. The van der Waals surface area contributed by atoms with E-state index in [2.05, 4.69) is 14.7 Å². The average molecular weight is 236 g/mol. The van der Waals surface area contributed by atoms with Crippen molar-refractivity contribution in [3.8, 4) is 0 Å². The molecular weight excluding hydrogens is 224 g/mol. The van der Waals surface area contributed by atoms with Crippen LogP contribution < -0.4 is 0 Å². The largest absolute Gasteiger partial charge is 0.389 e. The SMILES string of the molecule is CC(O)c1cccc(SCc2ncon2)c1. The predicted molar refractivity (Wildman–Crippen MR) is 60.9 cm³/mol. The zero-order valence-corrected chi connectivity index (χ0v) is 9.65. The van der Waals surface area contributed by atoms with Crippen LogP contribution >= 0.6 is 11.8 Å². The maximum absolute atomic E-state index is 9.45. The summed E-state index contributed by atoms with van der Waals surface area (Å²) < 4.78 is 4.65. The molecular formula is C11H12N2O2S. The van der Waals surface area contributed by atoms with Crippen molar-refractivity contribution in [2.75, 3.05) is 0 Å². The van der Waals surface area contributed by atoms with Gasteiger partial charge in [-0.2, -0.15) is 4.98 Å². The summed E-state index contributed by atoms with van der Waals surface area (Å²) >= 11 is 1.61. The van der Waals surface area contributed by atoms with Crippen LogP contribution in [0.2, 0.25) is 0 Å². The highest BCUT2D eigenvalue weighted by Crippen LogP contribution is 2.24. The Hall–Kier alpha value is -1.33. The van der Waals surface area contributed by atoms with Gasteiger partial charge in [0.25, 0.3) is 0 Å². The van der Waals surface area contributed by atoms with Gasteiger partial charge in [-0.3, -0.25) is 0 Å². The Bertz CT molecular complexity index is 443. The molecule has 16 heavy (non-hydrogen) atoms. The summed E-state index contributed by atoms with van der Waals surface area (Å²) in [6.07, 6.45) is 0.882. The molecule has 1 heterocycles. The molecule has 0 aliphatic rings. The standard InChI is InChI=1S/C11H12N2O2S/c1-8(14)9-3-2-4-10(5-9)16-6-11-12-7-15-13-11/h2-5,7-8,14H,6H2,1H3. The fraction of sp³-hybridized carbons (Fsp3) is 0.273. The summed E-state index contributed by atoms with van der Waals surface area (Å²) in [5.74, 6) is 1.34. The van der Waals surface area contributed by atoms with Gasteiger partial charge in [0.15, 0.2) is 5.82 Å². The molecule has 0 bridgehead atoms. The van der Waals surface area contributed by atoms with Crippen LogP contribution in [0.5, 0.6) is 0 Å². The highest BCUT2D eigenvalue weighted by Gasteiger charge is 2.04. The van der Waals surface area contributed by atoms with Crippen LogP contribution in [0.15, 0.2) is 40.1 Å². The molecule has 0 radical (unpaired) electrons. The smallest absolute Gasteiger partial charge is 0.213 e. The summed E-state index contributed by atoms with van der Waals surface area (Å²) in [6, 6.07) is 7.80. The first kappa shape index (κ1) is 11.2. The van der Waals surface area contributed by atoms with E-state index in [1.165, 1.54) is 6.39 Å². The Morgan fingerprint density at radius 2 is 2.38 bits per heavy atom. The monoisotopic (exact) mass is 236 g/mol. The average Bonchev–Trinajstić information content (AvgIpc) is 2.79. The number of hydrogen-bond donors (Lipinski definition) is 1. The maximum atomic E-state index is 9.45. The van der Waals surface area contributed by atoms with E-state index in [4.69, 9.17) is 0 Å². The van der Waals surface area contributed by atoms with Gasteiger partial charge in [-0.1, -0.05) is 17.3 Å². The van der Waals surface area contributed by atoms with Crippen LogP contribution in [0.3, 0.4) is 0 Å². The molecule has 0 saturated carbocycles. The van der Waals surface area contributed by atoms with Crippen molar-refractivity contribution in [2.45, 2.75) is 23.7 Å². The molecule has 0 fully saturated rings. The van der Waals surface area contributed by atoms with Gasteiger partial charge in [-0.15, -0.1) is 11.8 Å². The van der Waals surface area contributed by atoms with Crippen LogP contribution in [0.1, 0.15) is 24.4 Å².